The van der Waals surface area contributed by atoms with Crippen molar-refractivity contribution < 1.29 is 8.78 Å². The normalized spacial score (nSPS) is 10.1. The maximum absolute atomic E-state index is 12.4. The predicted octanol–water partition coefficient (Wildman–Crippen LogP) is 4.64. The number of hydrogen-bond donors (Lipinski definition) is 0. The highest BCUT2D eigenvalue weighted by molar-refractivity contribution is 9.10. The van der Waals surface area contributed by atoms with Crippen LogP contribution in [0, 0.1) is 6.92 Å². The molecule has 0 spiro atoms. The fraction of sp³-hybridized carbons (Fsp3) is 0.250. The standard InChI is InChI=1S/C8H6BrF2N3/c1-4-6(13-14-12)3-2-5(7(4)9)8(10)11/h2-3,8H,1H3. The molecule has 0 amide bonds. The highest BCUT2D eigenvalue weighted by atomic mass is 79.9. The van der Waals surface area contributed by atoms with Gasteiger partial charge in [0, 0.05) is 20.6 Å². The third-order valence-electron chi connectivity index (χ3n) is 1.78. The van der Waals surface area contributed by atoms with Crippen LogP contribution in [0.25, 0.3) is 10.4 Å². The zero-order valence-electron chi connectivity index (χ0n) is 7.21. The van der Waals surface area contributed by atoms with Crippen LogP contribution in [0.3, 0.4) is 0 Å². The van der Waals surface area contributed by atoms with E-state index in [1.165, 1.54) is 12.1 Å². The summed E-state index contributed by atoms with van der Waals surface area (Å²) in [6, 6.07) is 2.62. The summed E-state index contributed by atoms with van der Waals surface area (Å²) in [6.45, 7) is 1.61. The van der Waals surface area contributed by atoms with Crippen molar-refractivity contribution in [1.82, 2.24) is 0 Å². The van der Waals surface area contributed by atoms with Crippen molar-refractivity contribution in [3.63, 3.8) is 0 Å². The van der Waals surface area contributed by atoms with Crippen molar-refractivity contribution in [3.05, 3.63) is 38.2 Å². The van der Waals surface area contributed by atoms with Crippen molar-refractivity contribution in [3.8, 4) is 0 Å². The summed E-state index contributed by atoms with van der Waals surface area (Å²) in [5, 5.41) is 3.37. The first-order chi connectivity index (χ1) is 6.57. The molecule has 1 rings (SSSR count). The molecule has 0 aliphatic rings. The Kier molecular flexibility index (Phi) is 3.43. The van der Waals surface area contributed by atoms with Gasteiger partial charge < -0.3 is 0 Å². The molecule has 3 nitrogen and oxygen atoms in total. The van der Waals surface area contributed by atoms with E-state index >= 15 is 0 Å². The smallest absolute Gasteiger partial charge is 0.205 e. The zero-order chi connectivity index (χ0) is 10.7. The van der Waals surface area contributed by atoms with Gasteiger partial charge in [0.05, 0.1) is 0 Å². The molecule has 0 radical (unpaired) electrons. The lowest BCUT2D eigenvalue weighted by atomic mass is 10.1. The highest BCUT2D eigenvalue weighted by Gasteiger charge is 2.14. The molecule has 0 aliphatic carbocycles. The lowest BCUT2D eigenvalue weighted by Gasteiger charge is -2.07. The maximum Gasteiger partial charge on any atom is 0.264 e. The van der Waals surface area contributed by atoms with Gasteiger partial charge in [-0.15, -0.1) is 0 Å². The summed E-state index contributed by atoms with van der Waals surface area (Å²) in [6.07, 6.45) is -2.54. The Morgan fingerprint density at radius 3 is 2.64 bits per heavy atom. The van der Waals surface area contributed by atoms with Crippen LogP contribution in [0.2, 0.25) is 0 Å². The lowest BCUT2D eigenvalue weighted by molar-refractivity contribution is 0.150. The van der Waals surface area contributed by atoms with Crippen molar-refractivity contribution in [2.45, 2.75) is 13.3 Å². The van der Waals surface area contributed by atoms with Crippen molar-refractivity contribution in [2.75, 3.05) is 0 Å². The number of nitrogens with zero attached hydrogens (tertiary/aromatic N) is 3. The van der Waals surface area contributed by atoms with Crippen LogP contribution >= 0.6 is 15.9 Å². The Hall–Kier alpha value is -1.13. The topological polar surface area (TPSA) is 48.8 Å². The number of benzene rings is 1. The molecule has 0 saturated heterocycles. The molecule has 0 aromatic heterocycles. The number of azide groups is 1. The minimum absolute atomic E-state index is 0.0978. The van der Waals surface area contributed by atoms with E-state index in [0.717, 1.165) is 0 Å². The van der Waals surface area contributed by atoms with Gasteiger partial charge in [-0.2, -0.15) is 0 Å². The fourth-order valence-corrected chi connectivity index (χ4v) is 1.53. The van der Waals surface area contributed by atoms with Gasteiger partial charge in [0.25, 0.3) is 6.43 Å². The van der Waals surface area contributed by atoms with Crippen molar-refractivity contribution in [1.29, 1.82) is 0 Å². The second-order valence-corrected chi connectivity index (χ2v) is 3.40. The number of alkyl halides is 2. The molecule has 14 heavy (non-hydrogen) atoms. The first-order valence-corrected chi connectivity index (χ1v) is 4.49. The van der Waals surface area contributed by atoms with Gasteiger partial charge in [-0.25, -0.2) is 8.78 Å². The van der Waals surface area contributed by atoms with E-state index in [2.05, 4.69) is 26.0 Å². The molecule has 1 aromatic carbocycles. The van der Waals surface area contributed by atoms with Gasteiger partial charge in [-0.3, -0.25) is 0 Å². The third-order valence-corrected chi connectivity index (χ3v) is 2.83. The van der Waals surface area contributed by atoms with Gasteiger partial charge in [0.1, 0.15) is 0 Å². The number of halogens is 3. The maximum atomic E-state index is 12.4. The molecule has 0 aliphatic heterocycles. The Bertz CT molecular complexity index is 400. The molecule has 0 unspecified atom stereocenters. The molecule has 1 aromatic rings. The van der Waals surface area contributed by atoms with Gasteiger partial charge in [-0.1, -0.05) is 33.2 Å². The fourth-order valence-electron chi connectivity index (χ4n) is 1.02. The summed E-state index contributed by atoms with van der Waals surface area (Å²) in [5.41, 5.74) is 8.98. The van der Waals surface area contributed by atoms with Crippen LogP contribution in [0.4, 0.5) is 14.5 Å². The SMILES string of the molecule is Cc1c(N=[N+]=[N-])ccc(C(F)F)c1Br. The summed E-state index contributed by atoms with van der Waals surface area (Å²) < 4.78 is 25.1. The van der Waals surface area contributed by atoms with Crippen molar-refractivity contribution >= 4 is 21.6 Å². The van der Waals surface area contributed by atoms with E-state index in [-0.39, 0.29) is 10.0 Å². The van der Waals surface area contributed by atoms with E-state index in [1.807, 2.05) is 0 Å². The van der Waals surface area contributed by atoms with E-state index < -0.39 is 6.43 Å². The van der Waals surface area contributed by atoms with E-state index in [9.17, 15) is 8.78 Å². The van der Waals surface area contributed by atoms with Gasteiger partial charge in [0.15, 0.2) is 0 Å². The molecular formula is C8H6BrF2N3. The van der Waals surface area contributed by atoms with Crippen molar-refractivity contribution in [2.24, 2.45) is 5.11 Å². The Labute approximate surface area is 87.5 Å². The van der Waals surface area contributed by atoms with Gasteiger partial charge in [-0.05, 0) is 18.0 Å². The molecule has 0 heterocycles. The molecule has 74 valence electrons. The zero-order valence-corrected chi connectivity index (χ0v) is 8.79. The van der Waals surface area contributed by atoms with Gasteiger partial charge >= 0.3 is 0 Å². The monoisotopic (exact) mass is 261 g/mol. The quantitative estimate of drug-likeness (QED) is 0.423. The lowest BCUT2D eigenvalue weighted by Crippen LogP contribution is -1.88. The Balaban J connectivity index is 3.32. The molecule has 0 fully saturated rings. The summed E-state index contributed by atoms with van der Waals surface area (Å²) in [5.74, 6) is 0. The predicted molar refractivity (Wildman–Crippen MR) is 52.6 cm³/mol. The summed E-state index contributed by atoms with van der Waals surface area (Å²) >= 11 is 3.04. The van der Waals surface area contributed by atoms with E-state index in [1.54, 1.807) is 6.92 Å². The molecule has 0 saturated carbocycles. The first-order valence-electron chi connectivity index (χ1n) is 3.70. The molecule has 0 atom stereocenters. The van der Waals surface area contributed by atoms with E-state index in [0.29, 0.717) is 11.3 Å². The summed E-state index contributed by atoms with van der Waals surface area (Å²) in [7, 11) is 0. The summed E-state index contributed by atoms with van der Waals surface area (Å²) in [4.78, 5) is 2.60. The highest BCUT2D eigenvalue weighted by Crippen LogP contribution is 2.34. The van der Waals surface area contributed by atoms with Crippen LogP contribution in [-0.4, -0.2) is 0 Å². The van der Waals surface area contributed by atoms with Crippen LogP contribution in [-0.2, 0) is 0 Å². The number of hydrogen-bond acceptors (Lipinski definition) is 1. The molecule has 0 bridgehead atoms. The third kappa shape index (κ3) is 2.02. The van der Waals surface area contributed by atoms with Gasteiger partial charge in [0.2, 0.25) is 0 Å². The first kappa shape index (κ1) is 10.9. The average Bonchev–Trinajstić information content (AvgIpc) is 2.13. The number of rotatable bonds is 2. The van der Waals surface area contributed by atoms with Crippen LogP contribution in [0.15, 0.2) is 21.7 Å². The average molecular weight is 262 g/mol. The molecule has 6 heteroatoms. The van der Waals surface area contributed by atoms with Crippen LogP contribution in [0.5, 0.6) is 0 Å². The second-order valence-electron chi connectivity index (χ2n) is 2.60. The molecule has 0 N–H and O–H groups in total. The Morgan fingerprint density at radius 2 is 2.14 bits per heavy atom. The van der Waals surface area contributed by atoms with Crippen LogP contribution < -0.4 is 0 Å². The minimum Gasteiger partial charge on any atom is -0.205 e. The van der Waals surface area contributed by atoms with Crippen LogP contribution in [0.1, 0.15) is 17.6 Å². The Morgan fingerprint density at radius 1 is 1.50 bits per heavy atom. The molecular weight excluding hydrogens is 256 g/mol. The minimum atomic E-state index is -2.54. The largest absolute Gasteiger partial charge is 0.264 e. The second kappa shape index (κ2) is 4.39. The van der Waals surface area contributed by atoms with E-state index in [4.69, 9.17) is 5.53 Å².